The first-order valence-electron chi connectivity index (χ1n) is 4.87. The summed E-state index contributed by atoms with van der Waals surface area (Å²) in [6.07, 6.45) is 4.66. The summed E-state index contributed by atoms with van der Waals surface area (Å²) in [6, 6.07) is 2.37. The average molecular weight is 223 g/mol. The van der Waals surface area contributed by atoms with Gasteiger partial charge in [0.15, 0.2) is 0 Å². The fraction of sp³-hybridized carbons (Fsp3) is 0.500. The molecule has 1 aromatic heterocycles. The summed E-state index contributed by atoms with van der Waals surface area (Å²) in [7, 11) is 0. The Morgan fingerprint density at radius 3 is 2.60 bits per heavy atom. The number of halogens is 1. The van der Waals surface area contributed by atoms with Crippen LogP contribution >= 0.6 is 11.6 Å². The highest BCUT2D eigenvalue weighted by Crippen LogP contribution is 2.30. The van der Waals surface area contributed by atoms with Crippen LogP contribution in [0.4, 0.5) is 0 Å². The average Bonchev–Trinajstić information content (AvgIpc) is 2.31. The van der Waals surface area contributed by atoms with Crippen molar-refractivity contribution >= 4 is 11.6 Å². The summed E-state index contributed by atoms with van der Waals surface area (Å²) in [4.78, 5) is 8.18. The Labute approximate surface area is 93.3 Å². The standard InChI is InChI=1S/C10H11ClN4/c11-9-6-14-8(5-15-9)10(7-12)1-3-13-4-2-10/h5-6,13H,1-4H2. The van der Waals surface area contributed by atoms with Gasteiger partial charge < -0.3 is 5.32 Å². The quantitative estimate of drug-likeness (QED) is 0.778. The van der Waals surface area contributed by atoms with Crippen LogP contribution < -0.4 is 5.32 Å². The third-order valence-electron chi connectivity index (χ3n) is 2.78. The molecule has 78 valence electrons. The van der Waals surface area contributed by atoms with E-state index >= 15 is 0 Å². The number of nitrogens with zero attached hydrogens (tertiary/aromatic N) is 3. The van der Waals surface area contributed by atoms with Crippen molar-refractivity contribution in [3.8, 4) is 6.07 Å². The van der Waals surface area contributed by atoms with Crippen molar-refractivity contribution in [2.45, 2.75) is 18.3 Å². The van der Waals surface area contributed by atoms with E-state index < -0.39 is 5.41 Å². The highest BCUT2D eigenvalue weighted by Gasteiger charge is 2.35. The van der Waals surface area contributed by atoms with Crippen LogP contribution in [0.25, 0.3) is 0 Å². The lowest BCUT2D eigenvalue weighted by molar-refractivity contribution is 0.374. The fourth-order valence-electron chi connectivity index (χ4n) is 1.84. The molecular formula is C10H11ClN4. The molecule has 2 rings (SSSR count). The molecule has 0 saturated carbocycles. The second-order valence-corrected chi connectivity index (χ2v) is 4.06. The molecule has 0 spiro atoms. The molecule has 0 aromatic carbocycles. The van der Waals surface area contributed by atoms with Crippen LogP contribution in [-0.4, -0.2) is 23.1 Å². The molecule has 0 radical (unpaired) electrons. The fourth-order valence-corrected chi connectivity index (χ4v) is 1.94. The van der Waals surface area contributed by atoms with Crippen LogP contribution in [0.15, 0.2) is 12.4 Å². The largest absolute Gasteiger partial charge is 0.317 e. The lowest BCUT2D eigenvalue weighted by atomic mass is 9.78. The molecule has 2 heterocycles. The van der Waals surface area contributed by atoms with Gasteiger partial charge in [-0.2, -0.15) is 5.26 Å². The molecule has 1 aliphatic rings. The highest BCUT2D eigenvalue weighted by molar-refractivity contribution is 6.29. The van der Waals surface area contributed by atoms with Crippen molar-refractivity contribution in [1.82, 2.24) is 15.3 Å². The summed E-state index contributed by atoms with van der Waals surface area (Å²) >= 11 is 5.67. The molecule has 1 saturated heterocycles. The maximum atomic E-state index is 9.29. The zero-order valence-electron chi connectivity index (χ0n) is 8.20. The Morgan fingerprint density at radius 2 is 2.07 bits per heavy atom. The lowest BCUT2D eigenvalue weighted by Crippen LogP contribution is -2.39. The SMILES string of the molecule is N#CC1(c2cnc(Cl)cn2)CCNCC1. The summed E-state index contributed by atoms with van der Waals surface area (Å²) in [5.74, 6) is 0. The molecule has 0 unspecified atom stereocenters. The summed E-state index contributed by atoms with van der Waals surface area (Å²) in [6.45, 7) is 1.69. The van der Waals surface area contributed by atoms with Crippen molar-refractivity contribution in [1.29, 1.82) is 5.26 Å². The predicted octanol–water partition coefficient (Wildman–Crippen LogP) is 1.27. The van der Waals surface area contributed by atoms with E-state index in [1.807, 2.05) is 0 Å². The van der Waals surface area contributed by atoms with Crippen LogP contribution in [0.5, 0.6) is 0 Å². The van der Waals surface area contributed by atoms with Crippen molar-refractivity contribution in [2.24, 2.45) is 0 Å². The molecular weight excluding hydrogens is 212 g/mol. The summed E-state index contributed by atoms with van der Waals surface area (Å²) in [5, 5.41) is 12.9. The third kappa shape index (κ3) is 1.94. The van der Waals surface area contributed by atoms with E-state index in [-0.39, 0.29) is 0 Å². The van der Waals surface area contributed by atoms with E-state index in [4.69, 9.17) is 11.6 Å². The van der Waals surface area contributed by atoms with E-state index in [0.717, 1.165) is 31.6 Å². The molecule has 0 aliphatic carbocycles. The minimum Gasteiger partial charge on any atom is -0.317 e. The predicted molar refractivity (Wildman–Crippen MR) is 56.4 cm³/mol. The molecule has 1 aliphatic heterocycles. The lowest BCUT2D eigenvalue weighted by Gasteiger charge is -2.30. The Kier molecular flexibility index (Phi) is 2.85. The van der Waals surface area contributed by atoms with Crippen LogP contribution in [0, 0.1) is 11.3 Å². The Morgan fingerprint density at radius 1 is 1.33 bits per heavy atom. The Balaban J connectivity index is 2.33. The van der Waals surface area contributed by atoms with Gasteiger partial charge in [0.25, 0.3) is 0 Å². The maximum Gasteiger partial charge on any atom is 0.147 e. The molecule has 0 bridgehead atoms. The van der Waals surface area contributed by atoms with Gasteiger partial charge in [0.2, 0.25) is 0 Å². The van der Waals surface area contributed by atoms with E-state index in [2.05, 4.69) is 21.4 Å². The topological polar surface area (TPSA) is 61.6 Å². The van der Waals surface area contributed by atoms with E-state index in [1.54, 1.807) is 6.20 Å². The third-order valence-corrected chi connectivity index (χ3v) is 2.98. The number of nitrogens with one attached hydrogen (secondary N) is 1. The molecule has 1 fully saturated rings. The second-order valence-electron chi connectivity index (χ2n) is 3.67. The highest BCUT2D eigenvalue weighted by atomic mass is 35.5. The second kappa shape index (κ2) is 4.13. The minimum absolute atomic E-state index is 0.362. The van der Waals surface area contributed by atoms with Crippen LogP contribution in [0.1, 0.15) is 18.5 Å². The van der Waals surface area contributed by atoms with Crippen LogP contribution in [-0.2, 0) is 5.41 Å². The molecule has 15 heavy (non-hydrogen) atoms. The molecule has 1 N–H and O–H groups in total. The van der Waals surface area contributed by atoms with Crippen molar-refractivity contribution in [3.05, 3.63) is 23.2 Å². The number of hydrogen-bond acceptors (Lipinski definition) is 4. The molecule has 4 nitrogen and oxygen atoms in total. The van der Waals surface area contributed by atoms with Gasteiger partial charge in [-0.25, -0.2) is 4.98 Å². The van der Waals surface area contributed by atoms with E-state index in [1.165, 1.54) is 6.20 Å². The van der Waals surface area contributed by atoms with Gasteiger partial charge >= 0.3 is 0 Å². The number of hydrogen-bond donors (Lipinski definition) is 1. The minimum atomic E-state index is -0.483. The Hall–Kier alpha value is -1.18. The summed E-state index contributed by atoms with van der Waals surface area (Å²) < 4.78 is 0. The molecule has 0 amide bonds. The number of aromatic nitrogens is 2. The number of rotatable bonds is 1. The smallest absolute Gasteiger partial charge is 0.147 e. The van der Waals surface area contributed by atoms with Gasteiger partial charge in [-0.3, -0.25) is 4.98 Å². The van der Waals surface area contributed by atoms with Crippen molar-refractivity contribution < 1.29 is 0 Å². The van der Waals surface area contributed by atoms with Crippen molar-refractivity contribution in [2.75, 3.05) is 13.1 Å². The monoisotopic (exact) mass is 222 g/mol. The maximum absolute atomic E-state index is 9.29. The summed E-state index contributed by atoms with van der Waals surface area (Å²) in [5.41, 5.74) is 0.249. The molecule has 5 heteroatoms. The molecule has 0 atom stereocenters. The van der Waals surface area contributed by atoms with Gasteiger partial charge in [-0.15, -0.1) is 0 Å². The van der Waals surface area contributed by atoms with Gasteiger partial charge in [0.05, 0.1) is 24.2 Å². The van der Waals surface area contributed by atoms with E-state index in [0.29, 0.717) is 5.15 Å². The van der Waals surface area contributed by atoms with Crippen LogP contribution in [0.2, 0.25) is 5.15 Å². The van der Waals surface area contributed by atoms with Gasteiger partial charge in [-0.1, -0.05) is 11.6 Å². The van der Waals surface area contributed by atoms with E-state index in [9.17, 15) is 5.26 Å². The van der Waals surface area contributed by atoms with Gasteiger partial charge in [0, 0.05) is 0 Å². The Bertz CT molecular complexity index is 375. The molecule has 1 aromatic rings. The number of nitriles is 1. The first kappa shape index (κ1) is 10.3. The van der Waals surface area contributed by atoms with Crippen molar-refractivity contribution in [3.63, 3.8) is 0 Å². The van der Waals surface area contributed by atoms with Gasteiger partial charge in [0.1, 0.15) is 10.6 Å². The zero-order valence-corrected chi connectivity index (χ0v) is 8.96. The van der Waals surface area contributed by atoms with Gasteiger partial charge in [-0.05, 0) is 25.9 Å². The van der Waals surface area contributed by atoms with Crippen LogP contribution in [0.3, 0.4) is 0 Å². The zero-order chi connectivity index (χ0) is 10.7. The number of piperidine rings is 1. The first-order valence-corrected chi connectivity index (χ1v) is 5.25. The first-order chi connectivity index (χ1) is 7.27. The normalized spacial score (nSPS) is 19.5.